The van der Waals surface area contributed by atoms with Gasteiger partial charge in [0.1, 0.15) is 11.3 Å². The van der Waals surface area contributed by atoms with E-state index in [9.17, 15) is 9.59 Å². The largest absolute Gasteiger partial charge is 0.496 e. The normalized spacial score (nSPS) is 10.6. The van der Waals surface area contributed by atoms with Gasteiger partial charge in [-0.25, -0.2) is 0 Å². The zero-order valence-corrected chi connectivity index (χ0v) is 19.7. The van der Waals surface area contributed by atoms with Crippen molar-refractivity contribution in [2.24, 2.45) is 0 Å². The number of hydrogen-bond donors (Lipinski definition) is 3. The van der Waals surface area contributed by atoms with Crippen molar-refractivity contribution in [3.8, 4) is 5.75 Å². The number of carbonyl (C=O) groups excluding carboxylic acids is 2. The quantitative estimate of drug-likeness (QED) is 0.335. The summed E-state index contributed by atoms with van der Waals surface area (Å²) in [5.74, 6) is 0.0286. The van der Waals surface area contributed by atoms with Crippen LogP contribution in [0.5, 0.6) is 5.75 Å². The van der Waals surface area contributed by atoms with Gasteiger partial charge < -0.3 is 19.8 Å². The van der Waals surface area contributed by atoms with E-state index in [0.717, 1.165) is 16.5 Å². The number of nitrogens with one attached hydrogen (secondary N) is 3. The molecule has 2 amide bonds. The Labute approximate surface area is 202 Å². The summed E-state index contributed by atoms with van der Waals surface area (Å²) >= 11 is 5.30. The molecule has 3 N–H and O–H groups in total. The Morgan fingerprint density at radius 2 is 1.68 bits per heavy atom. The topological polar surface area (TPSA) is 92.6 Å². The Bertz CT molecular complexity index is 1380. The molecule has 0 spiro atoms. The monoisotopic (exact) mass is 473 g/mol. The number of para-hydroxylation sites is 2. The molecular formula is C26H23N3O4S. The molecule has 1 aromatic heterocycles. The second-order valence-electron chi connectivity index (χ2n) is 7.70. The summed E-state index contributed by atoms with van der Waals surface area (Å²) in [7, 11) is 1.52. The summed E-state index contributed by atoms with van der Waals surface area (Å²) in [5, 5.41) is 9.53. The standard InChI is InChI=1S/C26H23N3O4S/c1-15-7-6-9-19(23(15)32-3)24(30)29-26(34)27-18-11-12-20(16(2)13-18)28-25(31)22-14-17-8-4-5-10-21(17)33-22/h4-14H,1-3H3,(H,28,31)(H2,27,29,30,34). The number of aryl methyl sites for hydroxylation is 2. The summed E-state index contributed by atoms with van der Waals surface area (Å²) in [5.41, 5.74) is 4.01. The van der Waals surface area contributed by atoms with Crippen molar-refractivity contribution >= 4 is 51.5 Å². The van der Waals surface area contributed by atoms with Crippen molar-refractivity contribution in [2.45, 2.75) is 13.8 Å². The maximum absolute atomic E-state index is 12.6. The highest BCUT2D eigenvalue weighted by molar-refractivity contribution is 7.80. The van der Waals surface area contributed by atoms with E-state index in [1.54, 1.807) is 30.3 Å². The van der Waals surface area contributed by atoms with E-state index < -0.39 is 0 Å². The van der Waals surface area contributed by atoms with Crippen LogP contribution in [0.4, 0.5) is 11.4 Å². The first-order chi connectivity index (χ1) is 16.4. The van der Waals surface area contributed by atoms with Crippen molar-refractivity contribution in [3.63, 3.8) is 0 Å². The molecule has 0 saturated heterocycles. The summed E-state index contributed by atoms with van der Waals surface area (Å²) in [6.07, 6.45) is 0. The highest BCUT2D eigenvalue weighted by atomic mass is 32.1. The van der Waals surface area contributed by atoms with Gasteiger partial charge in [-0.2, -0.15) is 0 Å². The fourth-order valence-corrected chi connectivity index (χ4v) is 3.80. The molecule has 0 aliphatic carbocycles. The Hall–Kier alpha value is -4.17. The summed E-state index contributed by atoms with van der Waals surface area (Å²) in [6, 6.07) is 19.8. The van der Waals surface area contributed by atoms with Gasteiger partial charge in [-0.15, -0.1) is 0 Å². The van der Waals surface area contributed by atoms with E-state index in [1.807, 2.05) is 50.2 Å². The molecule has 172 valence electrons. The molecule has 0 atom stereocenters. The number of anilines is 2. The van der Waals surface area contributed by atoms with Crippen LogP contribution in [-0.4, -0.2) is 24.0 Å². The van der Waals surface area contributed by atoms with Crippen LogP contribution >= 0.6 is 12.2 Å². The van der Waals surface area contributed by atoms with Gasteiger partial charge in [0.2, 0.25) is 0 Å². The Balaban J connectivity index is 1.41. The van der Waals surface area contributed by atoms with E-state index in [0.29, 0.717) is 28.3 Å². The molecule has 0 aliphatic rings. The molecule has 0 aliphatic heterocycles. The number of methoxy groups -OCH3 is 1. The van der Waals surface area contributed by atoms with Gasteiger partial charge in [0.05, 0.1) is 12.7 Å². The van der Waals surface area contributed by atoms with Crippen LogP contribution in [0.15, 0.2) is 71.1 Å². The summed E-state index contributed by atoms with van der Waals surface area (Å²) in [4.78, 5) is 25.3. The fraction of sp³-hybridized carbons (Fsp3) is 0.115. The van der Waals surface area contributed by atoms with Crippen LogP contribution in [0.2, 0.25) is 0 Å². The summed E-state index contributed by atoms with van der Waals surface area (Å²) < 4.78 is 11.0. The molecule has 4 rings (SSSR count). The Kier molecular flexibility index (Phi) is 6.60. The van der Waals surface area contributed by atoms with Crippen molar-refractivity contribution in [1.82, 2.24) is 5.32 Å². The fourth-order valence-electron chi connectivity index (χ4n) is 3.59. The van der Waals surface area contributed by atoms with Gasteiger partial charge in [0, 0.05) is 16.8 Å². The molecule has 8 heteroatoms. The minimum atomic E-state index is -0.371. The molecule has 0 bridgehead atoms. The lowest BCUT2D eigenvalue weighted by molar-refractivity contribution is 0.0972. The number of furan rings is 1. The number of rotatable bonds is 5. The molecule has 1 heterocycles. The first kappa shape index (κ1) is 23.0. The van der Waals surface area contributed by atoms with Gasteiger partial charge in [0.25, 0.3) is 11.8 Å². The third kappa shape index (κ3) is 4.92. The zero-order chi connectivity index (χ0) is 24.2. The van der Waals surface area contributed by atoms with Crippen molar-refractivity contribution in [3.05, 3.63) is 89.2 Å². The van der Waals surface area contributed by atoms with E-state index in [1.165, 1.54) is 7.11 Å². The minimum absolute atomic E-state index is 0.145. The molecule has 34 heavy (non-hydrogen) atoms. The number of ether oxygens (including phenoxy) is 1. The third-order valence-electron chi connectivity index (χ3n) is 5.27. The van der Waals surface area contributed by atoms with E-state index >= 15 is 0 Å². The van der Waals surface area contributed by atoms with Gasteiger partial charge in [-0.05, 0) is 73.6 Å². The molecule has 0 unspecified atom stereocenters. The van der Waals surface area contributed by atoms with Gasteiger partial charge in [0.15, 0.2) is 10.9 Å². The highest BCUT2D eigenvalue weighted by Gasteiger charge is 2.16. The Morgan fingerprint density at radius 1 is 0.882 bits per heavy atom. The second kappa shape index (κ2) is 9.76. The zero-order valence-electron chi connectivity index (χ0n) is 18.9. The van der Waals surface area contributed by atoms with Gasteiger partial charge in [-0.3, -0.25) is 14.9 Å². The number of benzene rings is 3. The lowest BCUT2D eigenvalue weighted by Crippen LogP contribution is -2.34. The number of hydrogen-bond acceptors (Lipinski definition) is 5. The number of carbonyl (C=O) groups is 2. The Morgan fingerprint density at radius 3 is 2.41 bits per heavy atom. The van der Waals surface area contributed by atoms with E-state index in [-0.39, 0.29) is 22.7 Å². The van der Waals surface area contributed by atoms with Crippen LogP contribution in [0.3, 0.4) is 0 Å². The minimum Gasteiger partial charge on any atom is -0.496 e. The van der Waals surface area contributed by atoms with Gasteiger partial charge >= 0.3 is 0 Å². The van der Waals surface area contributed by atoms with Crippen molar-refractivity contribution in [1.29, 1.82) is 0 Å². The molecule has 0 saturated carbocycles. The average molecular weight is 474 g/mol. The number of amides is 2. The number of fused-ring (bicyclic) bond motifs is 1. The van der Waals surface area contributed by atoms with E-state index in [2.05, 4.69) is 16.0 Å². The van der Waals surface area contributed by atoms with Crippen LogP contribution < -0.4 is 20.7 Å². The lowest BCUT2D eigenvalue weighted by Gasteiger charge is -2.14. The van der Waals surface area contributed by atoms with Crippen LogP contribution in [-0.2, 0) is 0 Å². The lowest BCUT2D eigenvalue weighted by atomic mass is 10.1. The van der Waals surface area contributed by atoms with Gasteiger partial charge in [-0.1, -0.05) is 30.3 Å². The molecular weight excluding hydrogens is 450 g/mol. The molecule has 3 aromatic carbocycles. The summed E-state index contributed by atoms with van der Waals surface area (Å²) in [6.45, 7) is 3.72. The maximum Gasteiger partial charge on any atom is 0.291 e. The van der Waals surface area contributed by atoms with Crippen molar-refractivity contribution in [2.75, 3.05) is 17.7 Å². The highest BCUT2D eigenvalue weighted by Crippen LogP contribution is 2.24. The van der Waals surface area contributed by atoms with E-state index in [4.69, 9.17) is 21.4 Å². The molecule has 7 nitrogen and oxygen atoms in total. The SMILES string of the molecule is COc1c(C)cccc1C(=O)NC(=S)Nc1ccc(NC(=O)c2cc3ccccc3o2)c(C)c1. The molecule has 0 fully saturated rings. The second-order valence-corrected chi connectivity index (χ2v) is 8.10. The predicted molar refractivity (Wildman–Crippen MR) is 137 cm³/mol. The first-order valence-corrected chi connectivity index (χ1v) is 10.9. The predicted octanol–water partition coefficient (Wildman–Crippen LogP) is 5.44. The first-order valence-electron chi connectivity index (χ1n) is 10.5. The smallest absolute Gasteiger partial charge is 0.291 e. The molecule has 0 radical (unpaired) electrons. The number of thiocarbonyl (C=S) groups is 1. The average Bonchev–Trinajstić information content (AvgIpc) is 3.25. The van der Waals surface area contributed by atoms with Crippen LogP contribution in [0, 0.1) is 13.8 Å². The van der Waals surface area contributed by atoms with Crippen molar-refractivity contribution < 1.29 is 18.7 Å². The van der Waals surface area contributed by atoms with Crippen LogP contribution in [0.25, 0.3) is 11.0 Å². The van der Waals surface area contributed by atoms with Crippen LogP contribution in [0.1, 0.15) is 32.0 Å². The third-order valence-corrected chi connectivity index (χ3v) is 5.47. The maximum atomic E-state index is 12.6. The molecule has 4 aromatic rings.